The molecule has 2 aliphatic rings. The fraction of sp³-hybridized carbons (Fsp3) is 0.895. The van der Waals surface area contributed by atoms with E-state index in [0.29, 0.717) is 31.4 Å². The molecule has 0 heterocycles. The summed E-state index contributed by atoms with van der Waals surface area (Å²) in [7, 11) is 1.39. The molecule has 8 nitrogen and oxygen atoms in total. The molecule has 6 atom stereocenters. The van der Waals surface area contributed by atoms with E-state index in [1.165, 1.54) is 7.11 Å². The number of fused-ring (bicyclic) bond motifs is 2. The Kier molecular flexibility index (Phi) is 8.57. The molecule has 2 rings (SSSR count). The van der Waals surface area contributed by atoms with Crippen LogP contribution in [0.1, 0.15) is 47.5 Å². The lowest BCUT2D eigenvalue weighted by molar-refractivity contribution is -0.167. The van der Waals surface area contributed by atoms with E-state index in [9.17, 15) is 9.59 Å². The molecule has 0 aliphatic heterocycles. The summed E-state index contributed by atoms with van der Waals surface area (Å²) in [6.07, 6.45) is 1.56. The van der Waals surface area contributed by atoms with Gasteiger partial charge < -0.3 is 10.1 Å². The van der Waals surface area contributed by atoms with Gasteiger partial charge >= 0.3 is 5.97 Å². The molecule has 0 spiro atoms. The topological polar surface area (TPSA) is 95.1 Å². The Morgan fingerprint density at radius 1 is 1.11 bits per heavy atom. The normalized spacial score (nSPS) is 31.8. The summed E-state index contributed by atoms with van der Waals surface area (Å²) in [5, 5.41) is 2.98. The smallest absolute Gasteiger partial charge is 0.310 e. The van der Waals surface area contributed by atoms with E-state index in [2.05, 4.69) is 33.3 Å². The van der Waals surface area contributed by atoms with Crippen LogP contribution < -0.4 is 10.2 Å². The number of carbonyl (C=O) groups is 2. The highest BCUT2D eigenvalue weighted by atomic mass is 32.2. The number of rotatable bonds is 10. The number of hydrogen-bond donors (Lipinski definition) is 2. The molecule has 2 fully saturated rings. The molecule has 0 saturated heterocycles. The second-order valence-corrected chi connectivity index (χ2v) is 9.23. The van der Waals surface area contributed by atoms with Gasteiger partial charge in [-0.1, -0.05) is 13.8 Å². The second-order valence-electron chi connectivity index (χ2n) is 8.76. The van der Waals surface area contributed by atoms with Gasteiger partial charge in [0, 0.05) is 6.54 Å². The van der Waals surface area contributed by atoms with Crippen molar-refractivity contribution in [2.75, 3.05) is 20.3 Å². The van der Waals surface area contributed by atoms with Crippen LogP contribution in [0.5, 0.6) is 0 Å². The van der Waals surface area contributed by atoms with E-state index >= 15 is 0 Å². The lowest BCUT2D eigenvalue weighted by atomic mass is 9.69. The van der Waals surface area contributed by atoms with Crippen LogP contribution >= 0.6 is 12.2 Å². The molecule has 6 unspecified atom stereocenters. The predicted molar refractivity (Wildman–Crippen MR) is 105 cm³/mol. The van der Waals surface area contributed by atoms with E-state index in [-0.39, 0.29) is 35.5 Å². The molecule has 0 aromatic rings. The number of esters is 1. The molecule has 9 heteroatoms. The van der Waals surface area contributed by atoms with Gasteiger partial charge in [-0.05, 0) is 57.3 Å². The average Bonchev–Trinajstić information content (AvgIpc) is 3.13. The monoisotopic (exact) mass is 418 g/mol. The molecule has 1 amide bonds. The maximum Gasteiger partial charge on any atom is 0.310 e. The lowest BCUT2D eigenvalue weighted by Crippen LogP contribution is -2.47. The predicted octanol–water partition coefficient (Wildman–Crippen LogP) is 2.65. The van der Waals surface area contributed by atoms with Gasteiger partial charge in [0.05, 0.1) is 25.6 Å². The van der Waals surface area contributed by atoms with Gasteiger partial charge in [0.1, 0.15) is 17.8 Å². The number of nitrogens with one attached hydrogen (secondary N) is 2. The minimum Gasteiger partial charge on any atom is -0.460 e. The summed E-state index contributed by atoms with van der Waals surface area (Å²) >= 11 is 0.821. The van der Waals surface area contributed by atoms with Crippen molar-refractivity contribution in [2.45, 2.75) is 53.1 Å². The first kappa shape index (κ1) is 23.4. The Bertz CT molecular complexity index is 541. The minimum atomic E-state index is -0.552. The van der Waals surface area contributed by atoms with Crippen LogP contribution in [0.3, 0.4) is 0 Å². The van der Waals surface area contributed by atoms with Crippen molar-refractivity contribution in [1.29, 1.82) is 0 Å². The first-order valence-electron chi connectivity index (χ1n) is 9.91. The molecular formula is C19H34N2O6S. The summed E-state index contributed by atoms with van der Waals surface area (Å²) in [6.45, 7) is 10.9. The van der Waals surface area contributed by atoms with Crippen molar-refractivity contribution in [3.63, 3.8) is 0 Å². The molecular weight excluding hydrogens is 384 g/mol. The van der Waals surface area contributed by atoms with Gasteiger partial charge in [-0.15, -0.1) is 9.22 Å². The fourth-order valence-corrected chi connectivity index (χ4v) is 4.87. The van der Waals surface area contributed by atoms with Crippen LogP contribution in [-0.4, -0.2) is 37.7 Å². The van der Waals surface area contributed by atoms with Crippen molar-refractivity contribution in [3.05, 3.63) is 0 Å². The van der Waals surface area contributed by atoms with Crippen molar-refractivity contribution < 1.29 is 28.4 Å². The van der Waals surface area contributed by atoms with Crippen molar-refractivity contribution in [2.24, 2.45) is 35.5 Å². The largest absolute Gasteiger partial charge is 0.460 e. The summed E-state index contributed by atoms with van der Waals surface area (Å²) in [4.78, 5) is 37.8. The SMILES string of the molecule is COOSNOCCCNC(=O)C1C2CC(C(C)C2C)C1C(=O)OC(C)(C)C. The highest BCUT2D eigenvalue weighted by molar-refractivity contribution is 7.92. The average molecular weight is 419 g/mol. The Labute approximate surface area is 172 Å². The Balaban J connectivity index is 1.88. The molecule has 162 valence electrons. The second kappa shape index (κ2) is 10.2. The summed E-state index contributed by atoms with van der Waals surface area (Å²) in [5.74, 6) is 0.372. The van der Waals surface area contributed by atoms with E-state index in [0.717, 1.165) is 18.6 Å². The molecule has 2 saturated carbocycles. The van der Waals surface area contributed by atoms with E-state index in [1.54, 1.807) is 0 Å². The molecule has 0 aromatic carbocycles. The first-order chi connectivity index (χ1) is 13.2. The molecule has 2 bridgehead atoms. The standard InChI is InChI=1S/C19H34N2O6S/c1-11-12(2)14-10-13(11)15(16(14)18(23)26-19(3,4)5)17(22)20-8-7-9-25-21-28-27-24-6/h11-16,21H,7-10H2,1-6H3,(H,20,22). The number of amides is 1. The third-order valence-electron chi connectivity index (χ3n) is 5.93. The fourth-order valence-electron chi connectivity index (χ4n) is 4.64. The third kappa shape index (κ3) is 5.82. The molecule has 2 aliphatic carbocycles. The van der Waals surface area contributed by atoms with Gasteiger partial charge in [0.15, 0.2) is 0 Å². The maximum atomic E-state index is 12.9. The minimum absolute atomic E-state index is 0.0489. The van der Waals surface area contributed by atoms with Crippen LogP contribution in [0, 0.1) is 35.5 Å². The van der Waals surface area contributed by atoms with Crippen LogP contribution in [0.15, 0.2) is 0 Å². The van der Waals surface area contributed by atoms with Gasteiger partial charge in [-0.3, -0.25) is 14.4 Å². The Morgan fingerprint density at radius 2 is 1.75 bits per heavy atom. The molecule has 2 N–H and O–H groups in total. The van der Waals surface area contributed by atoms with E-state index in [4.69, 9.17) is 9.57 Å². The maximum absolute atomic E-state index is 12.9. The third-order valence-corrected chi connectivity index (χ3v) is 6.32. The molecule has 28 heavy (non-hydrogen) atoms. The number of carbonyl (C=O) groups excluding carboxylic acids is 2. The van der Waals surface area contributed by atoms with Gasteiger partial charge in [-0.2, -0.15) is 0 Å². The first-order valence-corrected chi connectivity index (χ1v) is 10.6. The zero-order valence-corrected chi connectivity index (χ0v) is 18.5. The van der Waals surface area contributed by atoms with Gasteiger partial charge in [0.25, 0.3) is 0 Å². The zero-order valence-electron chi connectivity index (χ0n) is 17.7. The van der Waals surface area contributed by atoms with Crippen molar-refractivity contribution in [1.82, 2.24) is 10.2 Å². The van der Waals surface area contributed by atoms with E-state index in [1.807, 2.05) is 20.8 Å². The van der Waals surface area contributed by atoms with Crippen LogP contribution in [0.2, 0.25) is 0 Å². The summed E-state index contributed by atoms with van der Waals surface area (Å²) in [5.41, 5.74) is -0.552. The van der Waals surface area contributed by atoms with Gasteiger partial charge in [-0.25, -0.2) is 4.89 Å². The van der Waals surface area contributed by atoms with Crippen LogP contribution in [0.4, 0.5) is 0 Å². The molecule has 0 radical (unpaired) electrons. The summed E-state index contributed by atoms with van der Waals surface area (Å²) < 4.78 is 10.2. The van der Waals surface area contributed by atoms with Gasteiger partial charge in [0.2, 0.25) is 5.91 Å². The van der Waals surface area contributed by atoms with Crippen molar-refractivity contribution in [3.8, 4) is 0 Å². The Hall–Kier alpha value is -0.870. The van der Waals surface area contributed by atoms with Crippen LogP contribution in [-0.2, 0) is 28.4 Å². The van der Waals surface area contributed by atoms with Crippen molar-refractivity contribution >= 4 is 24.1 Å². The number of ether oxygens (including phenoxy) is 1. The molecule has 0 aromatic heterocycles. The van der Waals surface area contributed by atoms with Crippen LogP contribution in [0.25, 0.3) is 0 Å². The highest BCUT2D eigenvalue weighted by Crippen LogP contribution is 2.58. The lowest BCUT2D eigenvalue weighted by Gasteiger charge is -2.37. The zero-order chi connectivity index (χ0) is 20.9. The Morgan fingerprint density at radius 3 is 2.36 bits per heavy atom. The quantitative estimate of drug-likeness (QED) is 0.140. The number of hydrogen-bond acceptors (Lipinski definition) is 8. The summed E-state index contributed by atoms with van der Waals surface area (Å²) in [6, 6.07) is 0. The van der Waals surface area contributed by atoms with E-state index < -0.39 is 5.60 Å². The highest BCUT2D eigenvalue weighted by Gasteiger charge is 2.60.